The van der Waals surface area contributed by atoms with Crippen LogP contribution < -0.4 is 11.5 Å². The van der Waals surface area contributed by atoms with E-state index in [1.165, 1.54) is 31.2 Å². The molecule has 2 fully saturated rings. The van der Waals surface area contributed by atoms with Crippen molar-refractivity contribution in [3.05, 3.63) is 35.4 Å². The van der Waals surface area contributed by atoms with E-state index in [0.29, 0.717) is 23.6 Å². The Labute approximate surface area is 120 Å². The van der Waals surface area contributed by atoms with Gasteiger partial charge in [-0.25, -0.2) is 0 Å². The number of fused-ring (bicyclic) bond motifs is 2. The second-order valence-corrected chi connectivity index (χ2v) is 6.07. The maximum Gasteiger partial charge on any atom is 0.248 e. The van der Waals surface area contributed by atoms with Gasteiger partial charge in [-0.1, -0.05) is 12.1 Å². The van der Waals surface area contributed by atoms with Crippen LogP contribution in [0, 0.1) is 0 Å². The second-order valence-electron chi connectivity index (χ2n) is 6.07. The molecule has 4 N–H and O–H groups in total. The molecule has 2 bridgehead atoms. The van der Waals surface area contributed by atoms with E-state index >= 15 is 0 Å². The molecule has 0 radical (unpaired) electrons. The Morgan fingerprint density at radius 2 is 1.95 bits per heavy atom. The Morgan fingerprint density at radius 3 is 2.55 bits per heavy atom. The van der Waals surface area contributed by atoms with Crippen LogP contribution in [0.25, 0.3) is 0 Å². The number of amides is 1. The first-order valence-corrected chi connectivity index (χ1v) is 7.54. The Balaban J connectivity index is 1.77. The average Bonchev–Trinajstić information content (AvgIpc) is 2.70. The van der Waals surface area contributed by atoms with Crippen molar-refractivity contribution in [1.82, 2.24) is 4.90 Å². The van der Waals surface area contributed by atoms with Crippen molar-refractivity contribution >= 4 is 5.91 Å². The molecular formula is C16H23N3O. The highest BCUT2D eigenvalue weighted by Gasteiger charge is 2.40. The predicted molar refractivity (Wildman–Crippen MR) is 79.5 cm³/mol. The molecule has 1 amide bonds. The molecule has 4 heteroatoms. The standard InChI is InChI=1S/C16H23N3O/c17-6-7-19-14-4-5-15(19)10-13(9-14)11-2-1-3-12(8-11)16(18)20/h1-3,8,13-15H,4-7,9-10,17H2,(H2,18,20)/t13?,14-,15?/m0/s1. The molecule has 2 aliphatic rings. The van der Waals surface area contributed by atoms with Gasteiger partial charge in [0.15, 0.2) is 0 Å². The van der Waals surface area contributed by atoms with Crippen molar-refractivity contribution in [2.45, 2.75) is 43.7 Å². The first-order chi connectivity index (χ1) is 9.69. The average molecular weight is 273 g/mol. The lowest BCUT2D eigenvalue weighted by molar-refractivity contribution is 0.1000. The molecule has 20 heavy (non-hydrogen) atoms. The van der Waals surface area contributed by atoms with Crippen LogP contribution in [0.4, 0.5) is 0 Å². The zero-order valence-electron chi connectivity index (χ0n) is 11.8. The topological polar surface area (TPSA) is 72.3 Å². The van der Waals surface area contributed by atoms with Crippen LogP contribution in [0.5, 0.6) is 0 Å². The van der Waals surface area contributed by atoms with Gasteiger partial charge in [0, 0.05) is 30.7 Å². The molecule has 2 heterocycles. The van der Waals surface area contributed by atoms with Crippen molar-refractivity contribution in [2.24, 2.45) is 11.5 Å². The lowest BCUT2D eigenvalue weighted by Gasteiger charge is -2.39. The number of primary amides is 1. The van der Waals surface area contributed by atoms with Crippen molar-refractivity contribution < 1.29 is 4.79 Å². The van der Waals surface area contributed by atoms with E-state index in [0.717, 1.165) is 13.1 Å². The molecule has 2 unspecified atom stereocenters. The van der Waals surface area contributed by atoms with Crippen LogP contribution in [0.2, 0.25) is 0 Å². The van der Waals surface area contributed by atoms with Gasteiger partial charge >= 0.3 is 0 Å². The largest absolute Gasteiger partial charge is 0.366 e. The van der Waals surface area contributed by atoms with Crippen molar-refractivity contribution in [2.75, 3.05) is 13.1 Å². The molecule has 0 aliphatic carbocycles. The van der Waals surface area contributed by atoms with Gasteiger partial charge in [0.1, 0.15) is 0 Å². The van der Waals surface area contributed by atoms with Gasteiger partial charge in [0.05, 0.1) is 0 Å². The molecule has 2 aliphatic heterocycles. The summed E-state index contributed by atoms with van der Waals surface area (Å²) in [6.45, 7) is 1.76. The number of benzene rings is 1. The monoisotopic (exact) mass is 273 g/mol. The zero-order valence-corrected chi connectivity index (χ0v) is 11.8. The predicted octanol–water partition coefficient (Wildman–Crippen LogP) is 1.45. The fourth-order valence-electron chi connectivity index (χ4n) is 4.01. The summed E-state index contributed by atoms with van der Waals surface area (Å²) in [5.74, 6) is 0.219. The Kier molecular flexibility index (Phi) is 3.76. The minimum atomic E-state index is -0.338. The smallest absolute Gasteiger partial charge is 0.248 e. The second kappa shape index (κ2) is 5.54. The SMILES string of the molecule is NCCN1C2CC[C@H]1CC(c1cccc(C(N)=O)c1)C2. The van der Waals surface area contributed by atoms with Gasteiger partial charge in [-0.3, -0.25) is 9.69 Å². The Morgan fingerprint density at radius 1 is 1.25 bits per heavy atom. The quantitative estimate of drug-likeness (QED) is 0.872. The van der Waals surface area contributed by atoms with E-state index in [2.05, 4.69) is 11.0 Å². The third-order valence-corrected chi connectivity index (χ3v) is 4.91. The van der Waals surface area contributed by atoms with E-state index in [4.69, 9.17) is 11.5 Å². The van der Waals surface area contributed by atoms with Crippen LogP contribution >= 0.6 is 0 Å². The fraction of sp³-hybridized carbons (Fsp3) is 0.562. The molecule has 0 spiro atoms. The van der Waals surface area contributed by atoms with Crippen molar-refractivity contribution in [1.29, 1.82) is 0 Å². The highest BCUT2D eigenvalue weighted by molar-refractivity contribution is 5.92. The lowest BCUT2D eigenvalue weighted by atomic mass is 9.84. The van der Waals surface area contributed by atoms with Gasteiger partial charge in [-0.2, -0.15) is 0 Å². The van der Waals surface area contributed by atoms with Crippen LogP contribution in [0.1, 0.15) is 47.5 Å². The molecule has 108 valence electrons. The van der Waals surface area contributed by atoms with Gasteiger partial charge in [0.25, 0.3) is 0 Å². The van der Waals surface area contributed by atoms with E-state index in [1.54, 1.807) is 6.07 Å². The number of carbonyl (C=O) groups is 1. The van der Waals surface area contributed by atoms with Crippen molar-refractivity contribution in [3.63, 3.8) is 0 Å². The number of rotatable bonds is 4. The molecule has 0 saturated carbocycles. The maximum atomic E-state index is 11.3. The van der Waals surface area contributed by atoms with E-state index in [9.17, 15) is 4.79 Å². The summed E-state index contributed by atoms with van der Waals surface area (Å²) in [5, 5.41) is 0. The molecule has 0 aromatic heterocycles. The molecule has 2 saturated heterocycles. The van der Waals surface area contributed by atoms with Crippen LogP contribution in [0.15, 0.2) is 24.3 Å². The van der Waals surface area contributed by atoms with Gasteiger partial charge in [-0.05, 0) is 49.3 Å². The number of nitrogens with zero attached hydrogens (tertiary/aromatic N) is 1. The first-order valence-electron chi connectivity index (χ1n) is 7.54. The number of nitrogens with two attached hydrogens (primary N) is 2. The fourth-order valence-corrected chi connectivity index (χ4v) is 4.01. The zero-order chi connectivity index (χ0) is 14.1. The number of piperidine rings is 1. The summed E-state index contributed by atoms with van der Waals surface area (Å²) < 4.78 is 0. The van der Waals surface area contributed by atoms with Gasteiger partial charge in [0.2, 0.25) is 5.91 Å². The lowest BCUT2D eigenvalue weighted by Crippen LogP contribution is -2.44. The number of carbonyl (C=O) groups excluding carboxylic acids is 1. The highest BCUT2D eigenvalue weighted by atomic mass is 16.1. The van der Waals surface area contributed by atoms with Crippen LogP contribution in [-0.4, -0.2) is 36.0 Å². The summed E-state index contributed by atoms with van der Waals surface area (Å²) in [6, 6.07) is 9.19. The third kappa shape index (κ3) is 2.45. The molecule has 4 nitrogen and oxygen atoms in total. The van der Waals surface area contributed by atoms with E-state index in [-0.39, 0.29) is 5.91 Å². The first kappa shape index (κ1) is 13.6. The van der Waals surface area contributed by atoms with Gasteiger partial charge < -0.3 is 11.5 Å². The van der Waals surface area contributed by atoms with Crippen molar-refractivity contribution in [3.8, 4) is 0 Å². The maximum absolute atomic E-state index is 11.3. The normalized spacial score (nSPS) is 29.6. The summed E-state index contributed by atoms with van der Waals surface area (Å²) in [7, 11) is 0. The number of hydrogen-bond donors (Lipinski definition) is 2. The highest BCUT2D eigenvalue weighted by Crippen LogP contribution is 2.42. The molecule has 1 aromatic carbocycles. The summed E-state index contributed by atoms with van der Waals surface area (Å²) in [4.78, 5) is 13.9. The molecule has 3 rings (SSSR count). The van der Waals surface area contributed by atoms with E-state index in [1.807, 2.05) is 12.1 Å². The molecule has 1 aromatic rings. The van der Waals surface area contributed by atoms with E-state index < -0.39 is 0 Å². The third-order valence-electron chi connectivity index (χ3n) is 4.91. The number of hydrogen-bond acceptors (Lipinski definition) is 3. The summed E-state index contributed by atoms with van der Waals surface area (Å²) in [6.07, 6.45) is 4.94. The Bertz CT molecular complexity index is 488. The minimum absolute atomic E-state index is 0.338. The Hall–Kier alpha value is -1.39. The summed E-state index contributed by atoms with van der Waals surface area (Å²) in [5.41, 5.74) is 13.0. The minimum Gasteiger partial charge on any atom is -0.366 e. The molecule has 3 atom stereocenters. The van der Waals surface area contributed by atoms with Gasteiger partial charge in [-0.15, -0.1) is 0 Å². The van der Waals surface area contributed by atoms with Crippen LogP contribution in [0.3, 0.4) is 0 Å². The molecular weight excluding hydrogens is 250 g/mol. The summed E-state index contributed by atoms with van der Waals surface area (Å²) >= 11 is 0. The van der Waals surface area contributed by atoms with Crippen LogP contribution in [-0.2, 0) is 0 Å².